The van der Waals surface area contributed by atoms with Gasteiger partial charge in [0.1, 0.15) is 0 Å². The van der Waals surface area contributed by atoms with Crippen LogP contribution in [0, 0.1) is 0 Å². The summed E-state index contributed by atoms with van der Waals surface area (Å²) in [5.74, 6) is -0.0610. The molecule has 0 aromatic heterocycles. The van der Waals surface area contributed by atoms with Crippen LogP contribution in [0.1, 0.15) is 17.3 Å². The molecule has 18 heavy (non-hydrogen) atoms. The first-order valence-corrected chi connectivity index (χ1v) is 6.60. The maximum absolute atomic E-state index is 11.8. The number of ketones is 1. The van der Waals surface area contributed by atoms with Gasteiger partial charge in [0.15, 0.2) is 5.78 Å². The zero-order valence-corrected chi connectivity index (χ0v) is 12.2. The highest BCUT2D eigenvalue weighted by Gasteiger charge is 2.17. The summed E-state index contributed by atoms with van der Waals surface area (Å²) in [7, 11) is 0. The zero-order valence-electron chi connectivity index (χ0n) is 9.64. The van der Waals surface area contributed by atoms with Crippen molar-refractivity contribution in [3.63, 3.8) is 0 Å². The lowest BCUT2D eigenvalue weighted by Crippen LogP contribution is -1.99. The molecule has 0 aliphatic carbocycles. The summed E-state index contributed by atoms with van der Waals surface area (Å²) < 4.78 is 0. The standard InChI is InChI=1S/C14H11ClOS2/c1-8(16)13-12(18)7-6-10(15)14(13)9-4-2-3-5-11(9)17/h2-7,17-18H,1H3. The van der Waals surface area contributed by atoms with Crippen molar-refractivity contribution in [2.24, 2.45) is 0 Å². The lowest BCUT2D eigenvalue weighted by Gasteiger charge is -2.13. The van der Waals surface area contributed by atoms with Crippen LogP contribution in [0.4, 0.5) is 0 Å². The number of carbonyl (C=O) groups excluding carboxylic acids is 1. The van der Waals surface area contributed by atoms with Crippen molar-refractivity contribution in [2.45, 2.75) is 16.7 Å². The molecule has 4 heteroatoms. The van der Waals surface area contributed by atoms with Crippen molar-refractivity contribution in [3.05, 3.63) is 47.0 Å². The number of thiol groups is 2. The first-order valence-electron chi connectivity index (χ1n) is 5.33. The molecular weight excluding hydrogens is 284 g/mol. The molecule has 0 spiro atoms. The first-order chi connectivity index (χ1) is 8.52. The Hall–Kier alpha value is -0.900. The van der Waals surface area contributed by atoms with E-state index in [1.807, 2.05) is 24.3 Å². The van der Waals surface area contributed by atoms with Crippen LogP contribution in [0.3, 0.4) is 0 Å². The molecule has 0 N–H and O–H groups in total. The predicted molar refractivity (Wildman–Crippen MR) is 81.4 cm³/mol. The van der Waals surface area contributed by atoms with Gasteiger partial charge in [-0.3, -0.25) is 4.79 Å². The average Bonchev–Trinajstić information content (AvgIpc) is 2.32. The van der Waals surface area contributed by atoms with Gasteiger partial charge in [-0.1, -0.05) is 29.8 Å². The van der Waals surface area contributed by atoms with Crippen molar-refractivity contribution in [1.82, 2.24) is 0 Å². The van der Waals surface area contributed by atoms with Crippen molar-refractivity contribution >= 4 is 42.6 Å². The normalized spacial score (nSPS) is 10.4. The number of hydrogen-bond acceptors (Lipinski definition) is 3. The zero-order chi connectivity index (χ0) is 13.3. The van der Waals surface area contributed by atoms with Gasteiger partial charge in [-0.25, -0.2) is 0 Å². The van der Waals surface area contributed by atoms with Crippen LogP contribution in [0.25, 0.3) is 11.1 Å². The van der Waals surface area contributed by atoms with Crippen LogP contribution < -0.4 is 0 Å². The van der Waals surface area contributed by atoms with E-state index in [1.165, 1.54) is 6.92 Å². The maximum atomic E-state index is 11.8. The second-order valence-corrected chi connectivity index (χ2v) is 5.26. The fourth-order valence-electron chi connectivity index (χ4n) is 1.87. The van der Waals surface area contributed by atoms with Crippen molar-refractivity contribution in [2.75, 3.05) is 0 Å². The summed E-state index contributed by atoms with van der Waals surface area (Å²) in [6, 6.07) is 11.0. The fourth-order valence-corrected chi connectivity index (χ4v) is 2.75. The van der Waals surface area contributed by atoms with Crippen LogP contribution in [0.15, 0.2) is 46.2 Å². The highest BCUT2D eigenvalue weighted by atomic mass is 35.5. The maximum Gasteiger partial charge on any atom is 0.161 e. The van der Waals surface area contributed by atoms with Crippen LogP contribution in [0.5, 0.6) is 0 Å². The topological polar surface area (TPSA) is 17.1 Å². The van der Waals surface area contributed by atoms with E-state index in [-0.39, 0.29) is 5.78 Å². The van der Waals surface area contributed by atoms with E-state index in [9.17, 15) is 4.79 Å². The molecule has 0 amide bonds. The van der Waals surface area contributed by atoms with Gasteiger partial charge >= 0.3 is 0 Å². The summed E-state index contributed by atoms with van der Waals surface area (Å²) in [5.41, 5.74) is 2.07. The molecule has 0 bridgehead atoms. The molecule has 0 fully saturated rings. The third kappa shape index (κ3) is 2.44. The highest BCUT2D eigenvalue weighted by molar-refractivity contribution is 7.80. The average molecular weight is 295 g/mol. The van der Waals surface area contributed by atoms with E-state index < -0.39 is 0 Å². The van der Waals surface area contributed by atoms with E-state index in [0.717, 1.165) is 10.5 Å². The van der Waals surface area contributed by atoms with E-state index in [2.05, 4.69) is 25.3 Å². The number of halogens is 1. The van der Waals surface area contributed by atoms with Gasteiger partial charge in [-0.05, 0) is 30.7 Å². The van der Waals surface area contributed by atoms with Crippen LogP contribution in [-0.4, -0.2) is 5.78 Å². The molecule has 92 valence electrons. The third-order valence-corrected chi connectivity index (χ3v) is 3.74. The Morgan fingerprint density at radius 3 is 2.33 bits per heavy atom. The number of carbonyl (C=O) groups is 1. The SMILES string of the molecule is CC(=O)c1c(S)ccc(Cl)c1-c1ccccc1S. The minimum atomic E-state index is -0.0610. The van der Waals surface area contributed by atoms with E-state index in [1.54, 1.807) is 12.1 Å². The van der Waals surface area contributed by atoms with Crippen molar-refractivity contribution in [1.29, 1.82) is 0 Å². The number of rotatable bonds is 2. The molecule has 1 nitrogen and oxygen atoms in total. The lowest BCUT2D eigenvalue weighted by atomic mass is 9.97. The van der Waals surface area contributed by atoms with Gasteiger partial charge in [0.2, 0.25) is 0 Å². The fraction of sp³-hybridized carbons (Fsp3) is 0.0714. The van der Waals surface area contributed by atoms with Gasteiger partial charge in [-0.15, -0.1) is 25.3 Å². The lowest BCUT2D eigenvalue weighted by molar-refractivity contribution is 0.101. The number of hydrogen-bond donors (Lipinski definition) is 2. The Labute approximate surface area is 122 Å². The quantitative estimate of drug-likeness (QED) is 0.602. The molecule has 0 atom stereocenters. The summed E-state index contributed by atoms with van der Waals surface area (Å²) >= 11 is 15.0. The smallest absolute Gasteiger partial charge is 0.161 e. The number of benzene rings is 2. The molecule has 0 saturated carbocycles. The highest BCUT2D eigenvalue weighted by Crippen LogP contribution is 2.37. The minimum absolute atomic E-state index is 0.0610. The largest absolute Gasteiger partial charge is 0.294 e. The van der Waals surface area contributed by atoms with Crippen LogP contribution >= 0.6 is 36.9 Å². The molecule has 0 aliphatic rings. The monoisotopic (exact) mass is 294 g/mol. The van der Waals surface area contributed by atoms with Gasteiger partial charge in [0, 0.05) is 25.9 Å². The van der Waals surface area contributed by atoms with Crippen molar-refractivity contribution in [3.8, 4) is 11.1 Å². The molecule has 0 unspecified atom stereocenters. The summed E-state index contributed by atoms with van der Waals surface area (Å²) in [6.07, 6.45) is 0. The third-order valence-electron chi connectivity index (χ3n) is 2.66. The summed E-state index contributed by atoms with van der Waals surface area (Å²) in [4.78, 5) is 13.2. The Balaban J connectivity index is 2.82. The molecule has 0 heterocycles. The van der Waals surface area contributed by atoms with Crippen LogP contribution in [0.2, 0.25) is 5.02 Å². The summed E-state index contributed by atoms with van der Waals surface area (Å²) in [6.45, 7) is 1.51. The van der Waals surface area contributed by atoms with Gasteiger partial charge in [0.25, 0.3) is 0 Å². The predicted octanol–water partition coefficient (Wildman–Crippen LogP) is 4.79. The second-order valence-electron chi connectivity index (χ2n) is 3.89. The molecule has 0 aliphatic heterocycles. The van der Waals surface area contributed by atoms with Gasteiger partial charge in [0.05, 0.1) is 0 Å². The van der Waals surface area contributed by atoms with E-state index in [0.29, 0.717) is 21.0 Å². The van der Waals surface area contributed by atoms with Crippen LogP contribution in [-0.2, 0) is 0 Å². The summed E-state index contributed by atoms with van der Waals surface area (Å²) in [5, 5.41) is 0.527. The Kier molecular flexibility index (Phi) is 4.05. The second kappa shape index (κ2) is 5.39. The minimum Gasteiger partial charge on any atom is -0.294 e. The van der Waals surface area contributed by atoms with Gasteiger partial charge in [-0.2, -0.15) is 0 Å². The Bertz CT molecular complexity index is 623. The first kappa shape index (κ1) is 13.5. The van der Waals surface area contributed by atoms with E-state index in [4.69, 9.17) is 11.6 Å². The Morgan fingerprint density at radius 2 is 1.72 bits per heavy atom. The van der Waals surface area contributed by atoms with Gasteiger partial charge < -0.3 is 0 Å². The molecular formula is C14H11ClOS2. The molecule has 2 aromatic rings. The van der Waals surface area contributed by atoms with E-state index >= 15 is 0 Å². The molecule has 2 aromatic carbocycles. The molecule has 0 radical (unpaired) electrons. The Morgan fingerprint density at radius 1 is 1.06 bits per heavy atom. The van der Waals surface area contributed by atoms with Crippen molar-refractivity contribution < 1.29 is 4.79 Å². The molecule has 0 saturated heterocycles. The molecule has 2 rings (SSSR count). The number of Topliss-reactive ketones (excluding diaryl/α,β-unsaturated/α-hetero) is 1.